The minimum Gasteiger partial charge on any atom is -0.469 e. The Hall–Kier alpha value is -3.80. The number of hydrogen-bond acceptors (Lipinski definition) is 11. The number of ether oxygens (including phenoxy) is 7. The van der Waals surface area contributed by atoms with Crippen LogP contribution in [0.15, 0.2) is 54.6 Å². The first-order valence-electron chi connectivity index (χ1n) is 16.5. The van der Waals surface area contributed by atoms with E-state index in [0.29, 0.717) is 12.8 Å². The van der Waals surface area contributed by atoms with Crippen LogP contribution in [0.4, 0.5) is 0 Å². The summed E-state index contributed by atoms with van der Waals surface area (Å²) in [4.78, 5) is 53.5. The Morgan fingerprint density at radius 1 is 0.958 bits per heavy atom. The molecule has 3 saturated heterocycles. The van der Waals surface area contributed by atoms with Gasteiger partial charge < -0.3 is 33.2 Å². The summed E-state index contributed by atoms with van der Waals surface area (Å²) in [5, 5.41) is 0. The summed E-state index contributed by atoms with van der Waals surface area (Å²) in [5.41, 5.74) is -2.18. The minimum atomic E-state index is -1.48. The van der Waals surface area contributed by atoms with Gasteiger partial charge in [0.05, 0.1) is 29.4 Å². The average molecular weight is 663 g/mol. The first-order valence-corrected chi connectivity index (χ1v) is 16.5. The van der Waals surface area contributed by atoms with Gasteiger partial charge in [-0.1, -0.05) is 70.2 Å². The number of hydrogen-bond donors (Lipinski definition) is 0. The Bertz CT molecular complexity index is 1630. The van der Waals surface area contributed by atoms with Gasteiger partial charge in [0.1, 0.15) is 17.8 Å². The van der Waals surface area contributed by atoms with Crippen molar-refractivity contribution in [2.75, 3.05) is 14.2 Å². The second-order valence-electron chi connectivity index (χ2n) is 14.8. The summed E-state index contributed by atoms with van der Waals surface area (Å²) in [6.07, 6.45) is -4.49. The fourth-order valence-electron chi connectivity index (χ4n) is 10.5. The summed E-state index contributed by atoms with van der Waals surface area (Å²) in [6.45, 7) is 9.10. The SMILES string of the molecule is COC(=O)C(C)C1CCC23C4O[C@H](OC(=O)c5ccc(-c6ccccc6)cc5)C12OC1OC(=O)[C@H](OC)C13C(C(C)(C)C)[C@H]4OC(C)=O. The van der Waals surface area contributed by atoms with Crippen LogP contribution >= 0.6 is 0 Å². The van der Waals surface area contributed by atoms with Crippen molar-refractivity contribution < 1.29 is 52.3 Å². The van der Waals surface area contributed by atoms with Crippen LogP contribution in [0, 0.1) is 34.0 Å². The van der Waals surface area contributed by atoms with Gasteiger partial charge in [-0.15, -0.1) is 0 Å². The maximum atomic E-state index is 13.9. The zero-order valence-electron chi connectivity index (χ0n) is 28.2. The van der Waals surface area contributed by atoms with Crippen molar-refractivity contribution in [3.8, 4) is 11.1 Å². The fraction of sp³-hybridized carbons (Fsp3) is 0.568. The standard InChI is InChI=1S/C37H42O11/c1-19(29(39)43-7)24-17-18-35-27-25(44-20(2)38)26(34(3,4)5)36(35)28(42-6)31(41)47-32(36)48-37(24,35)33(45-27)46-30(40)23-15-13-22(14-16-23)21-11-9-8-10-12-21/h8-16,19,24-28,32-33H,17-18H2,1-7H3/t19?,24?,25-,26?,27?,28+,32?,33-,35?,36?,37?/m1/s1. The number of carbonyl (C=O) groups is 4. The van der Waals surface area contributed by atoms with Crippen molar-refractivity contribution in [3.05, 3.63) is 60.2 Å². The summed E-state index contributed by atoms with van der Waals surface area (Å²) in [6, 6.07) is 16.8. The van der Waals surface area contributed by atoms with Gasteiger partial charge in [0.25, 0.3) is 0 Å². The molecule has 8 unspecified atom stereocenters. The highest BCUT2D eigenvalue weighted by Gasteiger charge is 2.97. The molecule has 2 aromatic rings. The molecule has 11 nitrogen and oxygen atoms in total. The molecule has 0 aromatic heterocycles. The molecule has 2 spiro atoms. The highest BCUT2D eigenvalue weighted by atomic mass is 16.8. The van der Waals surface area contributed by atoms with Crippen LogP contribution in [0.25, 0.3) is 11.1 Å². The Morgan fingerprint density at radius 3 is 2.23 bits per heavy atom. The van der Waals surface area contributed by atoms with E-state index < -0.39 is 94.4 Å². The summed E-state index contributed by atoms with van der Waals surface area (Å²) >= 11 is 0. The van der Waals surface area contributed by atoms with Crippen molar-refractivity contribution in [1.29, 1.82) is 0 Å². The molecule has 5 fully saturated rings. The summed E-state index contributed by atoms with van der Waals surface area (Å²) in [5.74, 6) is -4.08. The van der Waals surface area contributed by atoms with Crippen LogP contribution in [0.1, 0.15) is 57.8 Å². The summed E-state index contributed by atoms with van der Waals surface area (Å²) < 4.78 is 43.4. The molecular formula is C37H42O11. The van der Waals surface area contributed by atoms with E-state index in [9.17, 15) is 19.2 Å². The fourth-order valence-corrected chi connectivity index (χ4v) is 10.5. The number of methoxy groups -OCH3 is 2. The molecule has 256 valence electrons. The first-order chi connectivity index (χ1) is 22.8. The lowest BCUT2D eigenvalue weighted by Gasteiger charge is -2.48. The van der Waals surface area contributed by atoms with Gasteiger partial charge >= 0.3 is 23.9 Å². The maximum Gasteiger partial charge on any atom is 0.340 e. The van der Waals surface area contributed by atoms with Crippen molar-refractivity contribution in [1.82, 2.24) is 0 Å². The molecule has 5 aliphatic rings. The van der Waals surface area contributed by atoms with Gasteiger partial charge in [-0.25, -0.2) is 9.59 Å². The van der Waals surface area contributed by atoms with E-state index >= 15 is 0 Å². The van der Waals surface area contributed by atoms with Crippen LogP contribution < -0.4 is 0 Å². The van der Waals surface area contributed by atoms with Crippen molar-refractivity contribution in [3.63, 3.8) is 0 Å². The molecular weight excluding hydrogens is 620 g/mol. The highest BCUT2D eigenvalue weighted by Crippen LogP contribution is 2.84. The van der Waals surface area contributed by atoms with Crippen molar-refractivity contribution in [2.24, 2.45) is 34.0 Å². The van der Waals surface area contributed by atoms with Crippen molar-refractivity contribution in [2.45, 2.75) is 84.0 Å². The van der Waals surface area contributed by atoms with Gasteiger partial charge in [-0.2, -0.15) is 0 Å². The largest absolute Gasteiger partial charge is 0.469 e. The molecule has 3 aliphatic heterocycles. The van der Waals surface area contributed by atoms with E-state index in [1.54, 1.807) is 19.1 Å². The van der Waals surface area contributed by atoms with E-state index in [2.05, 4.69) is 0 Å². The Kier molecular flexibility index (Phi) is 7.58. The second kappa shape index (κ2) is 11.1. The lowest BCUT2D eigenvalue weighted by molar-refractivity contribution is -0.253. The van der Waals surface area contributed by atoms with E-state index in [4.69, 9.17) is 33.2 Å². The molecule has 2 saturated carbocycles. The van der Waals surface area contributed by atoms with E-state index in [-0.39, 0.29) is 5.56 Å². The Labute approximate surface area is 279 Å². The third-order valence-electron chi connectivity index (χ3n) is 11.8. The normalized spacial score (nSPS) is 38.1. The first kappa shape index (κ1) is 32.7. The van der Waals surface area contributed by atoms with Crippen LogP contribution in [0.2, 0.25) is 0 Å². The molecule has 2 aromatic carbocycles. The van der Waals surface area contributed by atoms with Crippen LogP contribution in [-0.2, 0) is 47.5 Å². The topological polar surface area (TPSA) is 133 Å². The van der Waals surface area contributed by atoms with Crippen LogP contribution in [-0.4, -0.2) is 74.6 Å². The van der Waals surface area contributed by atoms with Crippen molar-refractivity contribution >= 4 is 23.9 Å². The molecule has 2 aliphatic carbocycles. The zero-order valence-corrected chi connectivity index (χ0v) is 28.2. The average Bonchev–Trinajstić information content (AvgIpc) is 3.75. The molecule has 0 amide bonds. The second-order valence-corrected chi connectivity index (χ2v) is 14.8. The predicted octanol–water partition coefficient (Wildman–Crippen LogP) is 4.70. The summed E-state index contributed by atoms with van der Waals surface area (Å²) in [7, 11) is 2.77. The van der Waals surface area contributed by atoms with Gasteiger partial charge in [-0.3, -0.25) is 9.59 Å². The Morgan fingerprint density at radius 2 is 1.62 bits per heavy atom. The Balaban J connectivity index is 1.37. The molecule has 7 rings (SSSR count). The molecule has 0 radical (unpaired) electrons. The van der Waals surface area contributed by atoms with Gasteiger partial charge in [0.15, 0.2) is 6.10 Å². The number of benzene rings is 2. The minimum absolute atomic E-state index is 0.287. The molecule has 3 heterocycles. The third-order valence-corrected chi connectivity index (χ3v) is 11.8. The van der Waals surface area contributed by atoms with Gasteiger partial charge in [0.2, 0.25) is 12.6 Å². The van der Waals surface area contributed by atoms with Crippen LogP contribution in [0.3, 0.4) is 0 Å². The predicted molar refractivity (Wildman–Crippen MR) is 168 cm³/mol. The monoisotopic (exact) mass is 662 g/mol. The van der Waals surface area contributed by atoms with Gasteiger partial charge in [0, 0.05) is 25.9 Å². The number of rotatable bonds is 7. The van der Waals surface area contributed by atoms with E-state index in [1.807, 2.05) is 63.2 Å². The van der Waals surface area contributed by atoms with E-state index in [0.717, 1.165) is 11.1 Å². The lowest BCUT2D eigenvalue weighted by Crippen LogP contribution is -2.61. The number of carbonyl (C=O) groups excluding carboxylic acids is 4. The van der Waals surface area contributed by atoms with Gasteiger partial charge in [-0.05, 0) is 41.5 Å². The number of esters is 4. The molecule has 11 atom stereocenters. The smallest absolute Gasteiger partial charge is 0.340 e. The zero-order chi connectivity index (χ0) is 34.4. The molecule has 11 heteroatoms. The van der Waals surface area contributed by atoms with Crippen LogP contribution in [0.5, 0.6) is 0 Å². The maximum absolute atomic E-state index is 13.9. The highest BCUT2D eigenvalue weighted by molar-refractivity contribution is 5.90. The molecule has 0 N–H and O–H groups in total. The molecule has 0 bridgehead atoms. The third kappa shape index (κ3) is 4.04. The quantitative estimate of drug-likeness (QED) is 0.302. The lowest BCUT2D eigenvalue weighted by atomic mass is 9.51. The van der Waals surface area contributed by atoms with E-state index in [1.165, 1.54) is 21.1 Å². The molecule has 48 heavy (non-hydrogen) atoms.